The molecule has 1 heterocycles. The van der Waals surface area contributed by atoms with Crippen molar-refractivity contribution in [2.24, 2.45) is 5.92 Å². The fourth-order valence-corrected chi connectivity index (χ4v) is 3.97. The standard InChI is InChI=1S/C12H19ClN2O2S/c1-9(2)8-15(11-3-4-11)18(16,17)12-5-10(6-13)14-7-12/h5,7,9,11,14H,3-4,6,8H2,1-2H3. The van der Waals surface area contributed by atoms with E-state index in [4.69, 9.17) is 11.6 Å². The molecule has 4 nitrogen and oxygen atoms in total. The fourth-order valence-electron chi connectivity index (χ4n) is 1.95. The summed E-state index contributed by atoms with van der Waals surface area (Å²) in [5, 5.41) is 0. The molecule has 1 aliphatic carbocycles. The van der Waals surface area contributed by atoms with Crippen LogP contribution in [0.4, 0.5) is 0 Å². The molecule has 1 aliphatic rings. The van der Waals surface area contributed by atoms with Gasteiger partial charge in [0.1, 0.15) is 0 Å². The SMILES string of the molecule is CC(C)CN(C1CC1)S(=O)(=O)c1c[nH]c(CCl)c1. The van der Waals surface area contributed by atoms with Crippen molar-refractivity contribution in [3.8, 4) is 0 Å². The van der Waals surface area contributed by atoms with Gasteiger partial charge in [0, 0.05) is 24.5 Å². The Kier molecular flexibility index (Phi) is 4.04. The molecule has 0 atom stereocenters. The van der Waals surface area contributed by atoms with Gasteiger partial charge in [0.05, 0.1) is 10.8 Å². The van der Waals surface area contributed by atoms with Gasteiger partial charge >= 0.3 is 0 Å². The van der Waals surface area contributed by atoms with Gasteiger partial charge in [-0.25, -0.2) is 8.42 Å². The average Bonchev–Trinajstić information content (AvgIpc) is 3.01. The Bertz CT molecular complexity index is 506. The molecule has 0 unspecified atom stereocenters. The number of H-pyrrole nitrogens is 1. The summed E-state index contributed by atoms with van der Waals surface area (Å²) in [5.41, 5.74) is 0.732. The number of halogens is 1. The van der Waals surface area contributed by atoms with Crippen LogP contribution in [0.15, 0.2) is 17.2 Å². The monoisotopic (exact) mass is 290 g/mol. The molecule has 2 rings (SSSR count). The number of nitrogens with one attached hydrogen (secondary N) is 1. The second-order valence-electron chi connectivity index (χ2n) is 5.19. The van der Waals surface area contributed by atoms with Gasteiger partial charge in [0.15, 0.2) is 0 Å². The first kappa shape index (κ1) is 13.9. The molecular weight excluding hydrogens is 272 g/mol. The Balaban J connectivity index is 2.26. The maximum Gasteiger partial charge on any atom is 0.244 e. The minimum atomic E-state index is -3.38. The summed E-state index contributed by atoms with van der Waals surface area (Å²) in [6.07, 6.45) is 3.47. The second kappa shape index (κ2) is 5.23. The molecule has 0 bridgehead atoms. The molecule has 1 fully saturated rings. The molecule has 1 N–H and O–H groups in total. The first-order chi connectivity index (χ1) is 8.45. The maximum absolute atomic E-state index is 12.5. The van der Waals surface area contributed by atoms with Crippen LogP contribution in [0.25, 0.3) is 0 Å². The predicted octanol–water partition coefficient (Wildman–Crippen LogP) is 2.56. The van der Waals surface area contributed by atoms with E-state index in [1.54, 1.807) is 10.4 Å². The van der Waals surface area contributed by atoms with Crippen molar-refractivity contribution >= 4 is 21.6 Å². The van der Waals surface area contributed by atoms with E-state index in [2.05, 4.69) is 4.98 Å². The Morgan fingerprint density at radius 2 is 2.17 bits per heavy atom. The van der Waals surface area contributed by atoms with Gasteiger partial charge in [-0.05, 0) is 24.8 Å². The summed E-state index contributed by atoms with van der Waals surface area (Å²) >= 11 is 5.69. The van der Waals surface area contributed by atoms with Gasteiger partial charge in [0.25, 0.3) is 0 Å². The lowest BCUT2D eigenvalue weighted by atomic mass is 10.2. The smallest absolute Gasteiger partial charge is 0.244 e. The largest absolute Gasteiger partial charge is 0.363 e. The molecular formula is C12H19ClN2O2S. The first-order valence-electron chi connectivity index (χ1n) is 6.20. The minimum Gasteiger partial charge on any atom is -0.363 e. The predicted molar refractivity (Wildman–Crippen MR) is 72.1 cm³/mol. The highest BCUT2D eigenvalue weighted by Crippen LogP contribution is 2.32. The van der Waals surface area contributed by atoms with E-state index in [-0.39, 0.29) is 6.04 Å². The quantitative estimate of drug-likeness (QED) is 0.819. The van der Waals surface area contributed by atoms with Crippen LogP contribution in [0.3, 0.4) is 0 Å². The van der Waals surface area contributed by atoms with Crippen molar-refractivity contribution in [1.29, 1.82) is 0 Å². The van der Waals surface area contributed by atoms with Crippen molar-refractivity contribution in [2.45, 2.75) is 43.5 Å². The maximum atomic E-state index is 12.5. The van der Waals surface area contributed by atoms with Crippen molar-refractivity contribution in [2.75, 3.05) is 6.54 Å². The van der Waals surface area contributed by atoms with Crippen molar-refractivity contribution < 1.29 is 8.42 Å². The zero-order valence-electron chi connectivity index (χ0n) is 10.7. The molecule has 0 aliphatic heterocycles. The highest BCUT2D eigenvalue weighted by Gasteiger charge is 2.38. The topological polar surface area (TPSA) is 53.2 Å². The van der Waals surface area contributed by atoms with Crippen molar-refractivity contribution in [1.82, 2.24) is 9.29 Å². The summed E-state index contributed by atoms with van der Waals surface area (Å²) in [7, 11) is -3.38. The zero-order valence-corrected chi connectivity index (χ0v) is 12.3. The van der Waals surface area contributed by atoms with Crippen LogP contribution in [0, 0.1) is 5.92 Å². The third kappa shape index (κ3) is 2.90. The Morgan fingerprint density at radius 3 is 2.61 bits per heavy atom. The molecule has 0 amide bonds. The number of hydrogen-bond acceptors (Lipinski definition) is 2. The summed E-state index contributed by atoms with van der Waals surface area (Å²) in [6, 6.07) is 1.81. The van der Waals surface area contributed by atoms with E-state index in [1.807, 2.05) is 13.8 Å². The highest BCUT2D eigenvalue weighted by molar-refractivity contribution is 7.89. The van der Waals surface area contributed by atoms with Gasteiger partial charge < -0.3 is 4.98 Å². The van der Waals surface area contributed by atoms with Crippen molar-refractivity contribution in [3.05, 3.63) is 18.0 Å². The van der Waals surface area contributed by atoms with Gasteiger partial charge in [0.2, 0.25) is 10.0 Å². The lowest BCUT2D eigenvalue weighted by Crippen LogP contribution is -2.35. The minimum absolute atomic E-state index is 0.187. The van der Waals surface area contributed by atoms with Crippen LogP contribution in [0.2, 0.25) is 0 Å². The molecule has 0 radical (unpaired) electrons. The molecule has 0 spiro atoms. The van der Waals surface area contributed by atoms with E-state index in [9.17, 15) is 8.42 Å². The third-order valence-electron chi connectivity index (χ3n) is 2.97. The molecule has 102 valence electrons. The van der Waals surface area contributed by atoms with Crippen LogP contribution in [0.1, 0.15) is 32.4 Å². The molecule has 1 saturated carbocycles. The third-order valence-corrected chi connectivity index (χ3v) is 5.15. The number of hydrogen-bond donors (Lipinski definition) is 1. The number of sulfonamides is 1. The van der Waals surface area contributed by atoms with E-state index in [0.29, 0.717) is 23.2 Å². The fraction of sp³-hybridized carbons (Fsp3) is 0.667. The summed E-state index contributed by atoms with van der Waals surface area (Å²) in [5.74, 6) is 0.621. The average molecular weight is 291 g/mol. The van der Waals surface area contributed by atoms with E-state index < -0.39 is 10.0 Å². The Labute approximate surface area is 113 Å². The van der Waals surface area contributed by atoms with Gasteiger partial charge in [-0.2, -0.15) is 4.31 Å². The molecule has 0 saturated heterocycles. The lowest BCUT2D eigenvalue weighted by molar-refractivity contribution is 0.360. The number of rotatable bonds is 6. The highest BCUT2D eigenvalue weighted by atomic mass is 35.5. The van der Waals surface area contributed by atoms with Crippen LogP contribution in [-0.2, 0) is 15.9 Å². The molecule has 18 heavy (non-hydrogen) atoms. The zero-order chi connectivity index (χ0) is 13.3. The van der Waals surface area contributed by atoms with E-state index >= 15 is 0 Å². The Hall–Kier alpha value is -0.520. The number of aromatic amines is 1. The van der Waals surface area contributed by atoms with Crippen molar-refractivity contribution in [3.63, 3.8) is 0 Å². The van der Waals surface area contributed by atoms with E-state index in [0.717, 1.165) is 18.5 Å². The normalized spacial score (nSPS) is 16.7. The molecule has 1 aromatic rings. The van der Waals surface area contributed by atoms with Crippen LogP contribution in [-0.4, -0.2) is 30.3 Å². The van der Waals surface area contributed by atoms with Crippen LogP contribution < -0.4 is 0 Å². The molecule has 0 aromatic carbocycles. The van der Waals surface area contributed by atoms with Gasteiger partial charge in [-0.3, -0.25) is 0 Å². The van der Waals surface area contributed by atoms with Gasteiger partial charge in [-0.15, -0.1) is 11.6 Å². The summed E-state index contributed by atoms with van der Waals surface area (Å²) in [4.78, 5) is 3.22. The number of aromatic nitrogens is 1. The lowest BCUT2D eigenvalue weighted by Gasteiger charge is -2.23. The second-order valence-corrected chi connectivity index (χ2v) is 7.35. The first-order valence-corrected chi connectivity index (χ1v) is 8.17. The van der Waals surface area contributed by atoms with Crippen LogP contribution >= 0.6 is 11.6 Å². The summed E-state index contributed by atoms with van der Waals surface area (Å²) < 4.78 is 26.7. The number of alkyl halides is 1. The van der Waals surface area contributed by atoms with Gasteiger partial charge in [-0.1, -0.05) is 13.8 Å². The van der Waals surface area contributed by atoms with Crippen LogP contribution in [0.5, 0.6) is 0 Å². The Morgan fingerprint density at radius 1 is 1.50 bits per heavy atom. The number of nitrogens with zero attached hydrogens (tertiary/aromatic N) is 1. The molecule has 6 heteroatoms. The summed E-state index contributed by atoms with van der Waals surface area (Å²) in [6.45, 7) is 4.65. The van der Waals surface area contributed by atoms with E-state index in [1.165, 1.54) is 6.20 Å². The molecule has 1 aromatic heterocycles.